The van der Waals surface area contributed by atoms with Crippen LogP contribution >= 0.6 is 11.8 Å². The predicted molar refractivity (Wildman–Crippen MR) is 39.1 cm³/mol. The molecule has 2 N–H and O–H groups in total. The fourth-order valence-electron chi connectivity index (χ4n) is 0.956. The van der Waals surface area contributed by atoms with Crippen molar-refractivity contribution < 1.29 is 15.0 Å². The second kappa shape index (κ2) is 2.43. The van der Waals surface area contributed by atoms with Gasteiger partial charge in [-0.05, 0) is 13.3 Å². The van der Waals surface area contributed by atoms with Gasteiger partial charge in [0.25, 0.3) is 0 Å². The number of aliphatic carboxylic acids is 1. The zero-order valence-corrected chi connectivity index (χ0v) is 6.52. The maximum absolute atomic E-state index is 10.4. The van der Waals surface area contributed by atoms with Crippen LogP contribution in [0.15, 0.2) is 0 Å². The van der Waals surface area contributed by atoms with E-state index in [0.29, 0.717) is 12.2 Å². The molecule has 1 aliphatic heterocycles. The predicted octanol–water partition coefficient (Wildman–Crippen LogP) is 0.328. The number of aliphatic hydroxyl groups is 1. The number of thioether (sulfide) groups is 1. The summed E-state index contributed by atoms with van der Waals surface area (Å²) < 4.78 is 0. The molecule has 1 saturated heterocycles. The van der Waals surface area contributed by atoms with Crippen LogP contribution < -0.4 is 0 Å². The molecule has 1 rings (SSSR count). The summed E-state index contributed by atoms with van der Waals surface area (Å²) in [5, 5.41) is 17.4. The first-order valence-corrected chi connectivity index (χ1v) is 4.13. The molecular formula is C6H10O3S. The van der Waals surface area contributed by atoms with Gasteiger partial charge in [-0.25, -0.2) is 0 Å². The Labute approximate surface area is 63.4 Å². The number of carbonyl (C=O) groups is 1. The molecule has 1 heterocycles. The average molecular weight is 162 g/mol. The molecule has 0 aromatic rings. The van der Waals surface area contributed by atoms with Gasteiger partial charge < -0.3 is 10.2 Å². The first-order valence-electron chi connectivity index (χ1n) is 3.08. The van der Waals surface area contributed by atoms with E-state index in [0.717, 1.165) is 0 Å². The molecule has 0 aromatic heterocycles. The maximum Gasteiger partial charge on any atom is 0.316 e. The van der Waals surface area contributed by atoms with E-state index in [2.05, 4.69) is 0 Å². The minimum Gasteiger partial charge on any atom is -0.480 e. The molecule has 0 aromatic carbocycles. The lowest BCUT2D eigenvalue weighted by atomic mass is 10.0. The van der Waals surface area contributed by atoms with E-state index < -0.39 is 16.8 Å². The van der Waals surface area contributed by atoms with Crippen LogP contribution in [0.5, 0.6) is 0 Å². The smallest absolute Gasteiger partial charge is 0.316 e. The third kappa shape index (κ3) is 1.64. The molecule has 3 nitrogen and oxygen atoms in total. The topological polar surface area (TPSA) is 57.5 Å². The lowest BCUT2D eigenvalue weighted by Gasteiger charge is -2.12. The Morgan fingerprint density at radius 2 is 2.40 bits per heavy atom. The molecule has 0 aliphatic carbocycles. The van der Waals surface area contributed by atoms with Crippen molar-refractivity contribution >= 4 is 17.7 Å². The van der Waals surface area contributed by atoms with Crippen molar-refractivity contribution in [2.75, 3.05) is 5.75 Å². The molecule has 1 fully saturated rings. The van der Waals surface area contributed by atoms with Gasteiger partial charge in [-0.1, -0.05) is 0 Å². The molecule has 58 valence electrons. The number of carboxylic acid groups (broad SMARTS) is 1. The second-order valence-electron chi connectivity index (χ2n) is 2.84. The van der Waals surface area contributed by atoms with Crippen molar-refractivity contribution in [2.24, 2.45) is 0 Å². The van der Waals surface area contributed by atoms with E-state index in [1.807, 2.05) is 0 Å². The molecular weight excluding hydrogens is 152 g/mol. The summed E-state index contributed by atoms with van der Waals surface area (Å²) in [5.41, 5.74) is -0.770. The van der Waals surface area contributed by atoms with Crippen molar-refractivity contribution in [3.05, 3.63) is 0 Å². The van der Waals surface area contributed by atoms with Crippen LogP contribution in [0.2, 0.25) is 0 Å². The lowest BCUT2D eigenvalue weighted by molar-refractivity contribution is -0.137. The summed E-state index contributed by atoms with van der Waals surface area (Å²) in [6.07, 6.45) is 0.368. The van der Waals surface area contributed by atoms with Gasteiger partial charge in [0.05, 0.1) is 5.60 Å². The Hall–Kier alpha value is -0.220. The maximum atomic E-state index is 10.4. The van der Waals surface area contributed by atoms with Crippen LogP contribution in [0, 0.1) is 0 Å². The van der Waals surface area contributed by atoms with Crippen LogP contribution in [0.4, 0.5) is 0 Å². The first-order chi connectivity index (χ1) is 4.51. The highest BCUT2D eigenvalue weighted by Crippen LogP contribution is 2.33. The average Bonchev–Trinajstić information content (AvgIpc) is 2.10. The van der Waals surface area contributed by atoms with E-state index in [9.17, 15) is 9.90 Å². The normalized spacial score (nSPS) is 40.0. The fraction of sp³-hybridized carbons (Fsp3) is 0.833. The fourth-order valence-corrected chi connectivity index (χ4v) is 2.25. The van der Waals surface area contributed by atoms with Crippen LogP contribution in [-0.4, -0.2) is 32.8 Å². The standard InChI is InChI=1S/C6H10O3S/c1-6(9)2-4(5(7)8)10-3-6/h4,9H,2-3H2,1H3,(H,7,8)/t4-,6-/m0/s1. The summed E-state index contributed by atoms with van der Waals surface area (Å²) >= 11 is 1.31. The Kier molecular flexibility index (Phi) is 1.92. The van der Waals surface area contributed by atoms with Gasteiger partial charge in [0.1, 0.15) is 5.25 Å². The van der Waals surface area contributed by atoms with E-state index in [1.54, 1.807) is 6.92 Å². The Balaban J connectivity index is 2.51. The Bertz CT molecular complexity index is 155. The highest BCUT2D eigenvalue weighted by atomic mass is 32.2. The Morgan fingerprint density at radius 3 is 2.60 bits per heavy atom. The molecule has 4 heteroatoms. The quantitative estimate of drug-likeness (QED) is 0.583. The van der Waals surface area contributed by atoms with E-state index in [4.69, 9.17) is 5.11 Å². The lowest BCUT2D eigenvalue weighted by Crippen LogP contribution is -2.25. The third-order valence-corrected chi connectivity index (χ3v) is 3.06. The highest BCUT2D eigenvalue weighted by molar-refractivity contribution is 8.00. The molecule has 2 atom stereocenters. The summed E-state index contributed by atoms with van der Waals surface area (Å²) in [6, 6.07) is 0. The minimum absolute atomic E-state index is 0.368. The first kappa shape index (κ1) is 7.88. The SMILES string of the molecule is C[C@@]1(O)CS[C@H](C(=O)O)C1. The van der Waals surface area contributed by atoms with Crippen molar-refractivity contribution in [3.8, 4) is 0 Å². The zero-order valence-electron chi connectivity index (χ0n) is 5.70. The van der Waals surface area contributed by atoms with Crippen molar-refractivity contribution in [1.29, 1.82) is 0 Å². The molecule has 1 aliphatic rings. The number of hydrogen-bond donors (Lipinski definition) is 2. The minimum atomic E-state index is -0.817. The van der Waals surface area contributed by atoms with Crippen molar-refractivity contribution in [3.63, 3.8) is 0 Å². The molecule has 0 unspecified atom stereocenters. The van der Waals surface area contributed by atoms with Crippen LogP contribution in [0.1, 0.15) is 13.3 Å². The van der Waals surface area contributed by atoms with Gasteiger partial charge in [-0.15, -0.1) is 11.8 Å². The van der Waals surface area contributed by atoms with Gasteiger partial charge in [0, 0.05) is 5.75 Å². The van der Waals surface area contributed by atoms with Gasteiger partial charge in [-0.2, -0.15) is 0 Å². The van der Waals surface area contributed by atoms with E-state index in [-0.39, 0.29) is 0 Å². The van der Waals surface area contributed by atoms with Crippen molar-refractivity contribution in [1.82, 2.24) is 0 Å². The summed E-state index contributed by atoms with van der Waals surface area (Å²) in [4.78, 5) is 10.4. The van der Waals surface area contributed by atoms with E-state index in [1.165, 1.54) is 11.8 Å². The van der Waals surface area contributed by atoms with E-state index >= 15 is 0 Å². The monoisotopic (exact) mass is 162 g/mol. The van der Waals surface area contributed by atoms with Gasteiger partial charge >= 0.3 is 5.97 Å². The third-order valence-electron chi connectivity index (χ3n) is 1.50. The van der Waals surface area contributed by atoms with Crippen LogP contribution in [-0.2, 0) is 4.79 Å². The van der Waals surface area contributed by atoms with Crippen LogP contribution in [0.3, 0.4) is 0 Å². The molecule has 10 heavy (non-hydrogen) atoms. The van der Waals surface area contributed by atoms with Crippen LogP contribution in [0.25, 0.3) is 0 Å². The Morgan fingerprint density at radius 1 is 1.80 bits per heavy atom. The summed E-state index contributed by atoms with van der Waals surface area (Å²) in [7, 11) is 0. The molecule has 0 amide bonds. The van der Waals surface area contributed by atoms with Gasteiger partial charge in [-0.3, -0.25) is 4.79 Å². The molecule has 0 saturated carbocycles. The van der Waals surface area contributed by atoms with Gasteiger partial charge in [0.2, 0.25) is 0 Å². The largest absolute Gasteiger partial charge is 0.480 e. The highest BCUT2D eigenvalue weighted by Gasteiger charge is 2.37. The number of rotatable bonds is 1. The summed E-state index contributed by atoms with van der Waals surface area (Å²) in [5.74, 6) is -0.285. The molecule has 0 spiro atoms. The number of hydrogen-bond acceptors (Lipinski definition) is 3. The molecule has 0 bridgehead atoms. The van der Waals surface area contributed by atoms with Crippen molar-refractivity contribution in [2.45, 2.75) is 24.2 Å². The summed E-state index contributed by atoms with van der Waals surface area (Å²) in [6.45, 7) is 1.67. The number of carboxylic acids is 1. The van der Waals surface area contributed by atoms with Gasteiger partial charge in [0.15, 0.2) is 0 Å². The second-order valence-corrected chi connectivity index (χ2v) is 4.03. The zero-order chi connectivity index (χ0) is 7.78. The molecule has 0 radical (unpaired) electrons.